The lowest BCUT2D eigenvalue weighted by Crippen LogP contribution is -2.23. The molecule has 0 fully saturated rings. The number of hydrogen-bond donors (Lipinski definition) is 2. The first-order valence-corrected chi connectivity index (χ1v) is 29.9. The van der Waals surface area contributed by atoms with Crippen molar-refractivity contribution in [1.82, 2.24) is 15.3 Å². The van der Waals surface area contributed by atoms with E-state index in [0.29, 0.717) is 0 Å². The summed E-state index contributed by atoms with van der Waals surface area (Å²) in [5, 5.41) is 13.7. The second kappa shape index (κ2) is 36.2. The molecule has 82 heavy (non-hydrogen) atoms. The minimum Gasteiger partial charge on any atom is -0.376 e. The average molecular weight is 1090 g/mol. The van der Waals surface area contributed by atoms with E-state index in [1.165, 1.54) is 75.0 Å². The fourth-order valence-electron chi connectivity index (χ4n) is 9.54. The van der Waals surface area contributed by atoms with Crippen molar-refractivity contribution < 1.29 is 4.39 Å². The molecule has 0 saturated carbocycles. The van der Waals surface area contributed by atoms with Gasteiger partial charge >= 0.3 is 0 Å². The average Bonchev–Trinajstić information content (AvgIpc) is 3.73. The molecule has 424 valence electrons. The normalized spacial score (nSPS) is 11.7. The van der Waals surface area contributed by atoms with Gasteiger partial charge in [0.15, 0.2) is 0 Å². The third kappa shape index (κ3) is 18.7. The topological polar surface area (TPSA) is 63.8 Å². The highest BCUT2D eigenvalue weighted by Crippen LogP contribution is 2.37. The van der Waals surface area contributed by atoms with E-state index in [1.807, 2.05) is 63.2 Å². The van der Waals surface area contributed by atoms with Crippen LogP contribution in [0.3, 0.4) is 0 Å². The van der Waals surface area contributed by atoms with Crippen LogP contribution < -0.4 is 11.1 Å². The van der Waals surface area contributed by atoms with E-state index in [4.69, 9.17) is 15.7 Å². The molecule has 4 nitrogen and oxygen atoms in total. The molecular formula is C77H89FN4. The zero-order valence-corrected chi connectivity index (χ0v) is 50.4. The predicted molar refractivity (Wildman–Crippen MR) is 358 cm³/mol. The molecular weight excluding hydrogens is 1000 g/mol. The Balaban J connectivity index is 0.000000234. The number of hydrogen-bond acceptors (Lipinski definition) is 4. The van der Waals surface area contributed by atoms with Crippen molar-refractivity contribution in [3.05, 3.63) is 277 Å². The molecule has 10 aromatic rings. The number of halogens is 1. The first kappa shape index (κ1) is 64.6. The van der Waals surface area contributed by atoms with Crippen molar-refractivity contribution >= 4 is 43.1 Å². The lowest BCUT2D eigenvalue weighted by atomic mass is 9.91. The number of nitrogens with zero attached hydrogens (tertiary/aromatic N) is 2. The number of unbranched alkanes of at least 4 members (excludes halogenated alkanes) is 1. The van der Waals surface area contributed by atoms with E-state index in [1.54, 1.807) is 12.1 Å². The summed E-state index contributed by atoms with van der Waals surface area (Å²) in [5.41, 5.74) is 15.9. The maximum absolute atomic E-state index is 13.3. The number of rotatable bonds is 16. The Morgan fingerprint density at radius 2 is 0.976 bits per heavy atom. The Labute approximate surface area is 491 Å². The van der Waals surface area contributed by atoms with Crippen LogP contribution in [0.5, 0.6) is 0 Å². The lowest BCUT2D eigenvalue weighted by molar-refractivity contribution is 0.628. The second-order valence-corrected chi connectivity index (χ2v) is 19.5. The molecule has 0 amide bonds. The van der Waals surface area contributed by atoms with Gasteiger partial charge in [-0.25, -0.2) is 4.39 Å². The molecule has 2 atom stereocenters. The van der Waals surface area contributed by atoms with Crippen LogP contribution in [-0.2, 0) is 0 Å². The van der Waals surface area contributed by atoms with Crippen LogP contribution in [0.2, 0.25) is 0 Å². The Morgan fingerprint density at radius 1 is 0.500 bits per heavy atom. The third-order valence-corrected chi connectivity index (χ3v) is 13.5. The Morgan fingerprint density at radius 3 is 1.48 bits per heavy atom. The number of nitrogens with two attached hydrogens (primary N) is 1. The van der Waals surface area contributed by atoms with Gasteiger partial charge in [-0.15, -0.1) is 6.58 Å². The van der Waals surface area contributed by atoms with Crippen LogP contribution in [0.25, 0.3) is 65.6 Å². The summed E-state index contributed by atoms with van der Waals surface area (Å²) in [6, 6.07) is 67.2. The standard InChI is InChI=1S/C33H32N2.C26H19FN2.C7H14.C5H10.C4H8.C2H6/c1-3-13-26(14-4-2)34-33(32-22-12-21-31(35-32)24-15-6-5-7-16-24)30-23-25-17-8-9-18-27(25)28-19-10-11-20-29(28)30;27-19-14-12-17(13-15-19)24-10-5-11-25(29-24)26(28)23-16-18-6-1-2-7-20(18)21-8-3-4-9-22(21)23;1-3-5-7-6-4-2;1-3-5-4-2;1-3-4-2;1-2/h5-13,15-23,33-34H,3-4,14H2,1-2H3;1-16,26H,28H2;5,7H,3-4,6H2,1-2H3;3,5H,4H2,1-2H3;3H,1,4H2,2H3;1-2H3/b26-13-;;7-5+;5-3-;;. The van der Waals surface area contributed by atoms with Gasteiger partial charge in [0, 0.05) is 16.8 Å². The van der Waals surface area contributed by atoms with Gasteiger partial charge in [-0.3, -0.25) is 9.97 Å². The fraction of sp³-hybridized carbons (Fsp3) is 0.247. The number of fused-ring (bicyclic) bond motifs is 6. The van der Waals surface area contributed by atoms with Crippen LogP contribution in [0.1, 0.15) is 148 Å². The maximum Gasteiger partial charge on any atom is 0.123 e. The van der Waals surface area contributed by atoms with Gasteiger partial charge in [-0.05, 0) is 160 Å². The van der Waals surface area contributed by atoms with E-state index in [9.17, 15) is 4.39 Å². The summed E-state index contributed by atoms with van der Waals surface area (Å²) in [7, 11) is 0. The Kier molecular flexibility index (Phi) is 28.5. The van der Waals surface area contributed by atoms with E-state index in [2.05, 4.69) is 223 Å². The van der Waals surface area contributed by atoms with Gasteiger partial charge in [-0.2, -0.15) is 0 Å². The highest BCUT2D eigenvalue weighted by Gasteiger charge is 2.22. The molecule has 0 spiro atoms. The zero-order chi connectivity index (χ0) is 58.9. The predicted octanol–water partition coefficient (Wildman–Crippen LogP) is 22.4. The number of nitrogens with one attached hydrogen (secondary N) is 1. The third-order valence-electron chi connectivity index (χ3n) is 13.5. The van der Waals surface area contributed by atoms with E-state index in [0.717, 1.165) is 82.3 Å². The van der Waals surface area contributed by atoms with Crippen molar-refractivity contribution in [1.29, 1.82) is 0 Å². The Bertz CT molecular complexity index is 3560. The van der Waals surface area contributed by atoms with Crippen LogP contribution in [0.15, 0.2) is 249 Å². The molecule has 0 aliphatic heterocycles. The van der Waals surface area contributed by atoms with Gasteiger partial charge in [0.1, 0.15) is 5.82 Å². The molecule has 8 aromatic carbocycles. The van der Waals surface area contributed by atoms with Crippen molar-refractivity contribution in [3.63, 3.8) is 0 Å². The molecule has 0 aliphatic rings. The van der Waals surface area contributed by atoms with Crippen molar-refractivity contribution in [2.75, 3.05) is 0 Å². The van der Waals surface area contributed by atoms with Crippen molar-refractivity contribution in [3.8, 4) is 22.5 Å². The van der Waals surface area contributed by atoms with Gasteiger partial charge in [0.25, 0.3) is 0 Å². The quantitative estimate of drug-likeness (QED) is 0.0748. The summed E-state index contributed by atoms with van der Waals surface area (Å²) in [4.78, 5) is 9.98. The fourth-order valence-corrected chi connectivity index (χ4v) is 9.54. The SMILES string of the molecule is C/C=C\CC.C=CCC.CC.CC/C=C(/CCC)NC(c1cccc(-c2ccccc2)n1)c1cc2ccccc2c2ccccc12.CC/C=C/CCC.NC(c1cccc(-c2ccc(F)cc2)n1)c1cc2ccccc2c2ccccc12. The summed E-state index contributed by atoms with van der Waals surface area (Å²) in [5.74, 6) is -0.260. The van der Waals surface area contributed by atoms with E-state index >= 15 is 0 Å². The summed E-state index contributed by atoms with van der Waals surface area (Å²) < 4.78 is 13.3. The van der Waals surface area contributed by atoms with E-state index < -0.39 is 0 Å². The van der Waals surface area contributed by atoms with Crippen molar-refractivity contribution in [2.45, 2.75) is 126 Å². The molecule has 0 bridgehead atoms. The van der Waals surface area contributed by atoms with Gasteiger partial charge in [0.2, 0.25) is 0 Å². The van der Waals surface area contributed by atoms with Crippen LogP contribution in [0, 0.1) is 5.82 Å². The number of aromatic nitrogens is 2. The van der Waals surface area contributed by atoms with Crippen LogP contribution in [-0.4, -0.2) is 9.97 Å². The molecule has 2 unspecified atom stereocenters. The molecule has 0 radical (unpaired) electrons. The Hall–Kier alpha value is -8.25. The van der Waals surface area contributed by atoms with Gasteiger partial charge in [0.05, 0.1) is 34.9 Å². The van der Waals surface area contributed by atoms with Crippen molar-refractivity contribution in [2.24, 2.45) is 5.73 Å². The second-order valence-electron chi connectivity index (χ2n) is 19.5. The molecule has 0 aliphatic carbocycles. The number of benzene rings is 8. The largest absolute Gasteiger partial charge is 0.376 e. The molecule has 5 heteroatoms. The molecule has 0 saturated heterocycles. The smallest absolute Gasteiger partial charge is 0.123 e. The minimum absolute atomic E-state index is 0.0579. The number of pyridine rings is 2. The van der Waals surface area contributed by atoms with Crippen LogP contribution in [0.4, 0.5) is 4.39 Å². The van der Waals surface area contributed by atoms with Gasteiger partial charge < -0.3 is 11.1 Å². The molecule has 2 aromatic heterocycles. The molecule has 10 rings (SSSR count). The lowest BCUT2D eigenvalue weighted by Gasteiger charge is -2.25. The van der Waals surface area contributed by atoms with Gasteiger partial charge in [-0.1, -0.05) is 244 Å². The minimum atomic E-state index is -0.370. The first-order valence-electron chi connectivity index (χ1n) is 29.9. The summed E-state index contributed by atoms with van der Waals surface area (Å²) >= 11 is 0. The molecule has 3 N–H and O–H groups in total. The highest BCUT2D eigenvalue weighted by atomic mass is 19.1. The highest BCUT2D eigenvalue weighted by molar-refractivity contribution is 6.10. The zero-order valence-electron chi connectivity index (χ0n) is 50.4. The number of allylic oxidation sites excluding steroid dienone is 7. The van der Waals surface area contributed by atoms with Crippen LogP contribution >= 0.6 is 0 Å². The summed E-state index contributed by atoms with van der Waals surface area (Å²) in [6.07, 6.45) is 21.9. The molecule has 2 heterocycles. The van der Waals surface area contributed by atoms with E-state index in [-0.39, 0.29) is 17.9 Å². The maximum atomic E-state index is 13.3. The first-order chi connectivity index (χ1) is 40.2. The summed E-state index contributed by atoms with van der Waals surface area (Å²) in [6.45, 7) is 22.5. The monoisotopic (exact) mass is 1090 g/mol.